The molecule has 2 atom stereocenters. The van der Waals surface area contributed by atoms with E-state index in [0.717, 1.165) is 11.3 Å². The zero-order chi connectivity index (χ0) is 16.4. The summed E-state index contributed by atoms with van der Waals surface area (Å²) in [6.07, 6.45) is 2.67. The van der Waals surface area contributed by atoms with Crippen LogP contribution in [0.3, 0.4) is 0 Å². The predicted octanol–water partition coefficient (Wildman–Crippen LogP) is 3.52. The Morgan fingerprint density at radius 2 is 2.22 bits per heavy atom. The lowest BCUT2D eigenvalue weighted by Gasteiger charge is -2.37. The van der Waals surface area contributed by atoms with Gasteiger partial charge < -0.3 is 19.7 Å². The zero-order valence-corrected chi connectivity index (χ0v) is 14.3. The Labute approximate surface area is 141 Å². The van der Waals surface area contributed by atoms with E-state index in [4.69, 9.17) is 21.1 Å². The van der Waals surface area contributed by atoms with Crippen molar-refractivity contribution >= 4 is 23.3 Å². The van der Waals surface area contributed by atoms with Crippen LogP contribution in [0.1, 0.15) is 25.3 Å². The number of morpholine rings is 1. The Kier molecular flexibility index (Phi) is 5.09. The van der Waals surface area contributed by atoms with Gasteiger partial charge in [0.1, 0.15) is 0 Å². The molecule has 2 amide bonds. The van der Waals surface area contributed by atoms with Crippen LogP contribution in [0.15, 0.2) is 18.2 Å². The van der Waals surface area contributed by atoms with Crippen LogP contribution in [0.5, 0.6) is 0 Å². The summed E-state index contributed by atoms with van der Waals surface area (Å²) < 4.78 is 11.1. The standard InChI is InChI=1S/C17H23ClN2O3/c1-11-8-20(9-16(23-11)12-3-4-12)17(21)19-15-6-5-14(18)7-13(15)10-22-2/h5-7,11-12,16H,3-4,8-10H2,1-2H3,(H,19,21)/t11-,16+/m1/s1. The van der Waals surface area contributed by atoms with Crippen LogP contribution >= 0.6 is 11.6 Å². The van der Waals surface area contributed by atoms with Crippen LogP contribution in [0.2, 0.25) is 5.02 Å². The fraction of sp³-hybridized carbons (Fsp3) is 0.588. The number of hydrogen-bond acceptors (Lipinski definition) is 3. The molecule has 1 aliphatic carbocycles. The van der Waals surface area contributed by atoms with Crippen LogP contribution in [0.4, 0.5) is 10.5 Å². The van der Waals surface area contributed by atoms with Crippen molar-refractivity contribution in [3.05, 3.63) is 28.8 Å². The van der Waals surface area contributed by atoms with Crippen molar-refractivity contribution in [2.75, 3.05) is 25.5 Å². The van der Waals surface area contributed by atoms with Gasteiger partial charge in [-0.05, 0) is 43.9 Å². The maximum absolute atomic E-state index is 12.6. The number of nitrogens with one attached hydrogen (secondary N) is 1. The van der Waals surface area contributed by atoms with Gasteiger partial charge in [-0.3, -0.25) is 0 Å². The minimum absolute atomic E-state index is 0.0729. The van der Waals surface area contributed by atoms with Crippen molar-refractivity contribution in [1.29, 1.82) is 0 Å². The number of nitrogens with zero attached hydrogens (tertiary/aromatic N) is 1. The van der Waals surface area contributed by atoms with E-state index in [2.05, 4.69) is 5.32 Å². The number of carbonyl (C=O) groups is 1. The van der Waals surface area contributed by atoms with Crippen LogP contribution in [0.25, 0.3) is 0 Å². The van der Waals surface area contributed by atoms with Crippen LogP contribution in [0, 0.1) is 5.92 Å². The Morgan fingerprint density at radius 1 is 1.43 bits per heavy atom. The van der Waals surface area contributed by atoms with E-state index in [9.17, 15) is 4.79 Å². The molecule has 0 radical (unpaired) electrons. The molecule has 0 aromatic heterocycles. The van der Waals surface area contributed by atoms with Gasteiger partial charge in [-0.2, -0.15) is 0 Å². The number of rotatable bonds is 4. The minimum atomic E-state index is -0.0922. The third-order valence-corrected chi connectivity index (χ3v) is 4.56. The largest absolute Gasteiger partial charge is 0.380 e. The number of amides is 2. The third-order valence-electron chi connectivity index (χ3n) is 4.33. The molecule has 126 valence electrons. The monoisotopic (exact) mass is 338 g/mol. The number of hydrogen-bond donors (Lipinski definition) is 1. The molecule has 5 nitrogen and oxygen atoms in total. The van der Waals surface area contributed by atoms with Crippen molar-refractivity contribution in [3.63, 3.8) is 0 Å². The van der Waals surface area contributed by atoms with Crippen molar-refractivity contribution in [2.24, 2.45) is 5.92 Å². The van der Waals surface area contributed by atoms with Gasteiger partial charge in [-0.25, -0.2) is 4.79 Å². The predicted molar refractivity (Wildman–Crippen MR) is 89.8 cm³/mol. The van der Waals surface area contributed by atoms with E-state index in [1.807, 2.05) is 24.0 Å². The summed E-state index contributed by atoms with van der Waals surface area (Å²) in [5.74, 6) is 0.618. The van der Waals surface area contributed by atoms with Gasteiger partial charge in [0.15, 0.2) is 0 Å². The maximum Gasteiger partial charge on any atom is 0.322 e. The molecule has 1 heterocycles. The SMILES string of the molecule is COCc1cc(Cl)ccc1NC(=O)N1C[C@@H](C)O[C@H](C2CC2)C1. The summed E-state index contributed by atoms with van der Waals surface area (Å²) in [4.78, 5) is 14.5. The van der Waals surface area contributed by atoms with E-state index in [-0.39, 0.29) is 18.2 Å². The molecule has 1 saturated carbocycles. The molecule has 23 heavy (non-hydrogen) atoms. The quantitative estimate of drug-likeness (QED) is 0.913. The van der Waals surface area contributed by atoms with E-state index >= 15 is 0 Å². The Bertz CT molecular complexity index is 577. The van der Waals surface area contributed by atoms with Gasteiger partial charge in [-0.1, -0.05) is 11.6 Å². The van der Waals surface area contributed by atoms with Crippen molar-refractivity contribution in [3.8, 4) is 0 Å². The van der Waals surface area contributed by atoms with Gasteiger partial charge in [0.05, 0.1) is 18.8 Å². The van der Waals surface area contributed by atoms with Crippen LogP contribution in [-0.4, -0.2) is 43.3 Å². The van der Waals surface area contributed by atoms with Crippen molar-refractivity contribution in [1.82, 2.24) is 4.90 Å². The fourth-order valence-corrected chi connectivity index (χ4v) is 3.23. The molecule has 3 rings (SSSR count). The summed E-state index contributed by atoms with van der Waals surface area (Å²) in [7, 11) is 1.62. The molecule has 1 aromatic rings. The molecule has 2 aliphatic rings. The fourth-order valence-electron chi connectivity index (χ4n) is 3.03. The van der Waals surface area contributed by atoms with E-state index < -0.39 is 0 Å². The average molecular weight is 339 g/mol. The molecule has 1 N–H and O–H groups in total. The van der Waals surface area contributed by atoms with Crippen molar-refractivity contribution < 1.29 is 14.3 Å². The first-order valence-corrected chi connectivity index (χ1v) is 8.43. The summed E-state index contributed by atoms with van der Waals surface area (Å²) in [5, 5.41) is 3.61. The molecule has 1 aliphatic heterocycles. The molecule has 2 fully saturated rings. The first kappa shape index (κ1) is 16.6. The van der Waals surface area contributed by atoms with Crippen LogP contribution < -0.4 is 5.32 Å². The second kappa shape index (κ2) is 7.07. The van der Waals surface area contributed by atoms with Gasteiger partial charge in [0, 0.05) is 36.5 Å². The molecule has 0 unspecified atom stereocenters. The number of urea groups is 1. The number of halogens is 1. The lowest BCUT2D eigenvalue weighted by atomic mass is 10.1. The lowest BCUT2D eigenvalue weighted by Crippen LogP contribution is -2.51. The topological polar surface area (TPSA) is 50.8 Å². The lowest BCUT2D eigenvalue weighted by molar-refractivity contribution is -0.0717. The Hall–Kier alpha value is -1.30. The summed E-state index contributed by atoms with van der Waals surface area (Å²) >= 11 is 6.02. The molecular weight excluding hydrogens is 316 g/mol. The highest BCUT2D eigenvalue weighted by molar-refractivity contribution is 6.30. The molecule has 0 bridgehead atoms. The number of anilines is 1. The Morgan fingerprint density at radius 3 is 2.91 bits per heavy atom. The van der Waals surface area contributed by atoms with E-state index in [0.29, 0.717) is 30.6 Å². The summed E-state index contributed by atoms with van der Waals surface area (Å²) in [6.45, 7) is 3.70. The highest BCUT2D eigenvalue weighted by atomic mass is 35.5. The van der Waals surface area contributed by atoms with Gasteiger partial charge in [0.25, 0.3) is 0 Å². The smallest absolute Gasteiger partial charge is 0.322 e. The van der Waals surface area contributed by atoms with Gasteiger partial charge >= 0.3 is 6.03 Å². The molecule has 1 aromatic carbocycles. The third kappa shape index (κ3) is 4.16. The minimum Gasteiger partial charge on any atom is -0.380 e. The molecular formula is C17H23ClN2O3. The van der Waals surface area contributed by atoms with E-state index in [1.165, 1.54) is 12.8 Å². The second-order valence-corrected chi connectivity index (χ2v) is 6.83. The first-order valence-electron chi connectivity index (χ1n) is 8.05. The first-order chi connectivity index (χ1) is 11.1. The van der Waals surface area contributed by atoms with E-state index in [1.54, 1.807) is 13.2 Å². The summed E-state index contributed by atoms with van der Waals surface area (Å²) in [5.41, 5.74) is 1.61. The van der Waals surface area contributed by atoms with Crippen LogP contribution in [-0.2, 0) is 16.1 Å². The number of carbonyl (C=O) groups excluding carboxylic acids is 1. The Balaban J connectivity index is 1.68. The molecule has 0 spiro atoms. The number of ether oxygens (including phenoxy) is 2. The average Bonchev–Trinajstić information content (AvgIpc) is 3.34. The van der Waals surface area contributed by atoms with Crippen molar-refractivity contribution in [2.45, 2.75) is 38.6 Å². The molecule has 6 heteroatoms. The summed E-state index contributed by atoms with van der Waals surface area (Å²) in [6, 6.07) is 5.31. The number of methoxy groups -OCH3 is 1. The highest BCUT2D eigenvalue weighted by Gasteiger charge is 2.38. The van der Waals surface area contributed by atoms with Gasteiger partial charge in [0.2, 0.25) is 0 Å². The normalized spacial score (nSPS) is 24.6. The molecule has 1 saturated heterocycles. The number of benzene rings is 1. The maximum atomic E-state index is 12.6. The second-order valence-electron chi connectivity index (χ2n) is 6.39. The zero-order valence-electron chi connectivity index (χ0n) is 13.5. The highest BCUT2D eigenvalue weighted by Crippen LogP contribution is 2.36. The van der Waals surface area contributed by atoms with Gasteiger partial charge in [-0.15, -0.1) is 0 Å².